The first-order valence-electron chi connectivity index (χ1n) is 7.96. The Hall–Kier alpha value is -1.88. The number of imide groups is 1. The van der Waals surface area contributed by atoms with Gasteiger partial charge in [0.15, 0.2) is 0 Å². The number of methoxy groups -OCH3 is 1. The SMILES string of the molecule is COc1ccc(N2C(=O)C[C@H](NC3CCCCC3)C2=O)cc1. The molecule has 1 aromatic rings. The summed E-state index contributed by atoms with van der Waals surface area (Å²) < 4.78 is 5.11. The molecule has 1 saturated heterocycles. The first-order valence-corrected chi connectivity index (χ1v) is 7.96. The lowest BCUT2D eigenvalue weighted by molar-refractivity contribution is -0.121. The summed E-state index contributed by atoms with van der Waals surface area (Å²) in [5.41, 5.74) is 0.615. The summed E-state index contributed by atoms with van der Waals surface area (Å²) in [5.74, 6) is 0.434. The highest BCUT2D eigenvalue weighted by Gasteiger charge is 2.40. The summed E-state index contributed by atoms with van der Waals surface area (Å²) in [6, 6.07) is 7.01. The van der Waals surface area contributed by atoms with Crippen LogP contribution in [0.4, 0.5) is 5.69 Å². The van der Waals surface area contributed by atoms with E-state index in [4.69, 9.17) is 4.74 Å². The number of ether oxygens (including phenoxy) is 1. The third-order valence-corrected chi connectivity index (χ3v) is 4.52. The molecule has 2 aliphatic rings. The van der Waals surface area contributed by atoms with Gasteiger partial charge in [-0.2, -0.15) is 0 Å². The standard InChI is InChI=1S/C17H22N2O3/c1-22-14-9-7-13(8-10-14)19-16(20)11-15(17(19)21)18-12-5-3-2-4-6-12/h7-10,12,15,18H,2-6,11H2,1H3/t15-/m0/s1. The Balaban J connectivity index is 1.70. The first kappa shape index (κ1) is 15.0. The largest absolute Gasteiger partial charge is 0.497 e. The predicted octanol–water partition coefficient (Wildman–Crippen LogP) is 2.25. The summed E-state index contributed by atoms with van der Waals surface area (Å²) in [4.78, 5) is 26.1. The third-order valence-electron chi connectivity index (χ3n) is 4.52. The van der Waals surface area contributed by atoms with Crippen molar-refractivity contribution in [2.24, 2.45) is 0 Å². The van der Waals surface area contributed by atoms with Crippen molar-refractivity contribution in [2.75, 3.05) is 12.0 Å². The maximum Gasteiger partial charge on any atom is 0.251 e. The van der Waals surface area contributed by atoms with E-state index in [2.05, 4.69) is 5.32 Å². The van der Waals surface area contributed by atoms with Crippen LogP contribution in [0.3, 0.4) is 0 Å². The highest BCUT2D eigenvalue weighted by atomic mass is 16.5. The van der Waals surface area contributed by atoms with Gasteiger partial charge in [-0.05, 0) is 37.1 Å². The Kier molecular flexibility index (Phi) is 4.43. The van der Waals surface area contributed by atoms with Crippen LogP contribution in [0.15, 0.2) is 24.3 Å². The maximum atomic E-state index is 12.6. The molecule has 22 heavy (non-hydrogen) atoms. The molecule has 2 fully saturated rings. The molecule has 0 radical (unpaired) electrons. The summed E-state index contributed by atoms with van der Waals surface area (Å²) >= 11 is 0. The molecule has 118 valence electrons. The molecule has 1 N–H and O–H groups in total. The molecule has 1 aliphatic heterocycles. The van der Waals surface area contributed by atoms with Gasteiger partial charge < -0.3 is 10.1 Å². The number of hydrogen-bond acceptors (Lipinski definition) is 4. The molecule has 1 aliphatic carbocycles. The van der Waals surface area contributed by atoms with Crippen molar-refractivity contribution in [3.63, 3.8) is 0 Å². The first-order chi connectivity index (χ1) is 10.7. The molecular weight excluding hydrogens is 280 g/mol. The van der Waals surface area contributed by atoms with E-state index in [1.807, 2.05) is 0 Å². The smallest absolute Gasteiger partial charge is 0.251 e. The van der Waals surface area contributed by atoms with Crippen LogP contribution in [-0.2, 0) is 9.59 Å². The molecule has 3 rings (SSSR count). The van der Waals surface area contributed by atoms with Gasteiger partial charge in [-0.3, -0.25) is 9.59 Å². The van der Waals surface area contributed by atoms with Gasteiger partial charge in [0.25, 0.3) is 5.91 Å². The second kappa shape index (κ2) is 6.48. The molecule has 1 heterocycles. The van der Waals surface area contributed by atoms with E-state index in [-0.39, 0.29) is 24.3 Å². The Morgan fingerprint density at radius 3 is 2.41 bits per heavy atom. The van der Waals surface area contributed by atoms with Crippen molar-refractivity contribution < 1.29 is 14.3 Å². The minimum Gasteiger partial charge on any atom is -0.497 e. The minimum absolute atomic E-state index is 0.136. The molecule has 5 heteroatoms. The van der Waals surface area contributed by atoms with E-state index >= 15 is 0 Å². The zero-order chi connectivity index (χ0) is 15.5. The Morgan fingerprint density at radius 1 is 1.09 bits per heavy atom. The van der Waals surface area contributed by atoms with Gasteiger partial charge in [-0.15, -0.1) is 0 Å². The minimum atomic E-state index is -0.377. The van der Waals surface area contributed by atoms with Crippen molar-refractivity contribution in [1.29, 1.82) is 0 Å². The van der Waals surface area contributed by atoms with Crippen LogP contribution in [-0.4, -0.2) is 31.0 Å². The highest BCUT2D eigenvalue weighted by molar-refractivity contribution is 6.22. The summed E-state index contributed by atoms with van der Waals surface area (Å²) in [5, 5.41) is 3.38. The van der Waals surface area contributed by atoms with Crippen LogP contribution >= 0.6 is 0 Å². The zero-order valence-electron chi connectivity index (χ0n) is 12.9. The average molecular weight is 302 g/mol. The van der Waals surface area contributed by atoms with E-state index in [1.54, 1.807) is 31.4 Å². The number of benzene rings is 1. The van der Waals surface area contributed by atoms with E-state index in [0.717, 1.165) is 12.8 Å². The summed E-state index contributed by atoms with van der Waals surface area (Å²) in [6.45, 7) is 0. The molecule has 0 spiro atoms. The molecule has 0 aromatic heterocycles. The van der Waals surface area contributed by atoms with Crippen molar-refractivity contribution in [3.05, 3.63) is 24.3 Å². The molecule has 1 saturated carbocycles. The van der Waals surface area contributed by atoms with Crippen LogP contribution in [0.2, 0.25) is 0 Å². The number of carbonyl (C=O) groups excluding carboxylic acids is 2. The molecular formula is C17H22N2O3. The lowest BCUT2D eigenvalue weighted by Gasteiger charge is -2.25. The molecule has 1 atom stereocenters. The van der Waals surface area contributed by atoms with Gasteiger partial charge in [0.2, 0.25) is 5.91 Å². The fraction of sp³-hybridized carbons (Fsp3) is 0.529. The monoisotopic (exact) mass is 302 g/mol. The second-order valence-electron chi connectivity index (χ2n) is 6.02. The van der Waals surface area contributed by atoms with Crippen LogP contribution in [0.1, 0.15) is 38.5 Å². The number of carbonyl (C=O) groups is 2. The topological polar surface area (TPSA) is 58.6 Å². The predicted molar refractivity (Wildman–Crippen MR) is 83.9 cm³/mol. The fourth-order valence-corrected chi connectivity index (χ4v) is 3.32. The van der Waals surface area contributed by atoms with Gasteiger partial charge in [0.1, 0.15) is 5.75 Å². The van der Waals surface area contributed by atoms with Gasteiger partial charge in [0.05, 0.1) is 25.3 Å². The molecule has 1 aromatic carbocycles. The number of rotatable bonds is 4. The van der Waals surface area contributed by atoms with Crippen LogP contribution in [0.25, 0.3) is 0 Å². The number of anilines is 1. The lowest BCUT2D eigenvalue weighted by Crippen LogP contribution is -2.44. The van der Waals surface area contributed by atoms with E-state index in [9.17, 15) is 9.59 Å². The quantitative estimate of drug-likeness (QED) is 0.867. The van der Waals surface area contributed by atoms with Gasteiger partial charge >= 0.3 is 0 Å². The average Bonchev–Trinajstić information content (AvgIpc) is 2.82. The maximum absolute atomic E-state index is 12.6. The molecule has 0 unspecified atom stereocenters. The Labute approximate surface area is 130 Å². The van der Waals surface area contributed by atoms with Crippen molar-refractivity contribution in [2.45, 2.75) is 50.6 Å². The van der Waals surface area contributed by atoms with Crippen LogP contribution < -0.4 is 15.0 Å². The lowest BCUT2D eigenvalue weighted by atomic mass is 9.95. The third kappa shape index (κ3) is 2.99. The Bertz CT molecular complexity index is 550. The second-order valence-corrected chi connectivity index (χ2v) is 6.02. The van der Waals surface area contributed by atoms with Gasteiger partial charge in [0, 0.05) is 6.04 Å². The van der Waals surface area contributed by atoms with Crippen molar-refractivity contribution >= 4 is 17.5 Å². The van der Waals surface area contributed by atoms with Crippen molar-refractivity contribution in [1.82, 2.24) is 5.32 Å². The van der Waals surface area contributed by atoms with E-state index < -0.39 is 0 Å². The summed E-state index contributed by atoms with van der Waals surface area (Å²) in [6.07, 6.45) is 6.12. The molecule has 0 bridgehead atoms. The number of hydrogen-bond donors (Lipinski definition) is 1. The fourth-order valence-electron chi connectivity index (χ4n) is 3.32. The number of nitrogens with zero attached hydrogens (tertiary/aromatic N) is 1. The van der Waals surface area contributed by atoms with Gasteiger partial charge in [-0.1, -0.05) is 19.3 Å². The Morgan fingerprint density at radius 2 is 1.77 bits per heavy atom. The highest BCUT2D eigenvalue weighted by Crippen LogP contribution is 2.26. The molecule has 2 amide bonds. The van der Waals surface area contributed by atoms with Crippen LogP contribution in [0.5, 0.6) is 5.75 Å². The number of nitrogens with one attached hydrogen (secondary N) is 1. The van der Waals surface area contributed by atoms with Crippen molar-refractivity contribution in [3.8, 4) is 5.75 Å². The molecule has 5 nitrogen and oxygen atoms in total. The van der Waals surface area contributed by atoms with Gasteiger partial charge in [-0.25, -0.2) is 4.90 Å². The van der Waals surface area contributed by atoms with Crippen LogP contribution in [0, 0.1) is 0 Å². The van der Waals surface area contributed by atoms with E-state index in [0.29, 0.717) is 17.5 Å². The van der Waals surface area contributed by atoms with E-state index in [1.165, 1.54) is 24.2 Å². The summed E-state index contributed by atoms with van der Waals surface area (Å²) in [7, 11) is 1.59. The normalized spacial score (nSPS) is 23.1. The zero-order valence-corrected chi connectivity index (χ0v) is 12.9. The number of amides is 2.